The molecule has 88 valence electrons. The van der Waals surface area contributed by atoms with Crippen molar-refractivity contribution in [2.45, 2.75) is 0 Å². The molecule has 0 atom stereocenters. The van der Waals surface area contributed by atoms with Crippen LogP contribution in [0.4, 0.5) is 0 Å². The van der Waals surface area contributed by atoms with E-state index in [0.717, 1.165) is 30.7 Å². The average molecular weight is 294 g/mol. The quantitative estimate of drug-likeness (QED) is 0.428. The molecule has 0 aliphatic heterocycles. The van der Waals surface area contributed by atoms with Gasteiger partial charge in [0, 0.05) is 25.2 Å². The summed E-state index contributed by atoms with van der Waals surface area (Å²) in [6, 6.07) is 9.79. The van der Waals surface area contributed by atoms with Gasteiger partial charge < -0.3 is 4.42 Å². The standard InChI is InChI=1S/C13H5Cl2NOS/c14-6-2-1-3-8-10(6)11-9(18-8)5-4-7-12(11)16-13(15)17-7/h1-5H. The number of rotatable bonds is 0. The lowest BCUT2D eigenvalue weighted by atomic mass is 10.1. The summed E-state index contributed by atoms with van der Waals surface area (Å²) in [5.74, 6) is 0. The molecule has 0 saturated heterocycles. The lowest BCUT2D eigenvalue weighted by Gasteiger charge is -1.95. The zero-order valence-corrected chi connectivity index (χ0v) is 11.2. The first-order chi connectivity index (χ1) is 8.74. The Bertz CT molecular complexity index is 909. The zero-order chi connectivity index (χ0) is 12.3. The Kier molecular flexibility index (Phi) is 2.13. The third-order valence-electron chi connectivity index (χ3n) is 2.94. The minimum Gasteiger partial charge on any atom is -0.428 e. The molecule has 0 amide bonds. The highest BCUT2D eigenvalue weighted by Crippen LogP contribution is 2.41. The van der Waals surface area contributed by atoms with Crippen molar-refractivity contribution in [1.29, 1.82) is 0 Å². The summed E-state index contributed by atoms with van der Waals surface area (Å²) >= 11 is 13.8. The Labute approximate surface area is 116 Å². The maximum Gasteiger partial charge on any atom is 0.293 e. The summed E-state index contributed by atoms with van der Waals surface area (Å²) in [6.45, 7) is 0. The second-order valence-corrected chi connectivity index (χ2v) is 5.78. The number of hydrogen-bond donors (Lipinski definition) is 0. The van der Waals surface area contributed by atoms with Crippen LogP contribution in [0.1, 0.15) is 0 Å². The number of fused-ring (bicyclic) bond motifs is 5. The van der Waals surface area contributed by atoms with Gasteiger partial charge in [-0.15, -0.1) is 11.3 Å². The second-order valence-electron chi connectivity index (χ2n) is 3.97. The Morgan fingerprint density at radius 2 is 1.83 bits per heavy atom. The Morgan fingerprint density at radius 1 is 1.00 bits per heavy atom. The van der Waals surface area contributed by atoms with E-state index in [1.54, 1.807) is 11.3 Å². The summed E-state index contributed by atoms with van der Waals surface area (Å²) in [4.78, 5) is 4.25. The SMILES string of the molecule is Clc1nc2c(ccc3sc4cccc(Cl)c4c32)o1. The second kappa shape index (κ2) is 3.60. The zero-order valence-electron chi connectivity index (χ0n) is 8.91. The molecular weight excluding hydrogens is 289 g/mol. The molecule has 0 fully saturated rings. The first-order valence-corrected chi connectivity index (χ1v) is 6.87. The molecule has 0 radical (unpaired) electrons. The topological polar surface area (TPSA) is 26.0 Å². The van der Waals surface area contributed by atoms with Crippen molar-refractivity contribution in [2.24, 2.45) is 0 Å². The highest BCUT2D eigenvalue weighted by molar-refractivity contribution is 7.26. The van der Waals surface area contributed by atoms with E-state index in [1.165, 1.54) is 0 Å². The van der Waals surface area contributed by atoms with Crippen molar-refractivity contribution in [1.82, 2.24) is 4.98 Å². The van der Waals surface area contributed by atoms with E-state index in [-0.39, 0.29) is 5.35 Å². The van der Waals surface area contributed by atoms with E-state index >= 15 is 0 Å². The maximum absolute atomic E-state index is 6.30. The Hall–Kier alpha value is -1.29. The van der Waals surface area contributed by atoms with E-state index in [1.807, 2.05) is 24.3 Å². The van der Waals surface area contributed by atoms with Gasteiger partial charge in [0.05, 0.1) is 0 Å². The van der Waals surface area contributed by atoms with Gasteiger partial charge >= 0.3 is 0 Å². The van der Waals surface area contributed by atoms with Crippen molar-refractivity contribution in [2.75, 3.05) is 0 Å². The predicted molar refractivity (Wildman–Crippen MR) is 76.9 cm³/mol. The molecule has 0 aliphatic rings. The highest BCUT2D eigenvalue weighted by atomic mass is 35.5. The summed E-state index contributed by atoms with van der Waals surface area (Å²) in [5, 5.41) is 2.93. The van der Waals surface area contributed by atoms with Gasteiger partial charge in [-0.2, -0.15) is 4.98 Å². The summed E-state index contributed by atoms with van der Waals surface area (Å²) in [6.07, 6.45) is 0. The van der Waals surface area contributed by atoms with Crippen LogP contribution >= 0.6 is 34.5 Å². The average Bonchev–Trinajstić information content (AvgIpc) is 2.88. The third kappa shape index (κ3) is 1.32. The molecule has 2 nitrogen and oxygen atoms in total. The fourth-order valence-electron chi connectivity index (χ4n) is 2.23. The van der Waals surface area contributed by atoms with Gasteiger partial charge in [0.2, 0.25) is 0 Å². The molecule has 2 aromatic heterocycles. The van der Waals surface area contributed by atoms with E-state index in [0.29, 0.717) is 5.58 Å². The Morgan fingerprint density at radius 3 is 2.72 bits per heavy atom. The number of aromatic nitrogens is 1. The highest BCUT2D eigenvalue weighted by Gasteiger charge is 2.14. The summed E-state index contributed by atoms with van der Waals surface area (Å²) in [7, 11) is 0. The monoisotopic (exact) mass is 293 g/mol. The first kappa shape index (κ1) is 10.6. The molecule has 5 heteroatoms. The van der Waals surface area contributed by atoms with Crippen LogP contribution < -0.4 is 0 Å². The summed E-state index contributed by atoms with van der Waals surface area (Å²) < 4.78 is 7.63. The number of hydrogen-bond acceptors (Lipinski definition) is 3. The molecule has 0 aliphatic carbocycles. The van der Waals surface area contributed by atoms with Crippen LogP contribution in [0, 0.1) is 0 Å². The number of halogens is 2. The molecule has 2 heterocycles. The van der Waals surface area contributed by atoms with Gasteiger partial charge in [-0.3, -0.25) is 0 Å². The normalized spacial score (nSPS) is 11.9. The van der Waals surface area contributed by atoms with E-state index in [2.05, 4.69) is 11.1 Å². The van der Waals surface area contributed by atoms with Crippen molar-refractivity contribution >= 4 is 65.8 Å². The molecule has 0 unspecified atom stereocenters. The van der Waals surface area contributed by atoms with Crippen molar-refractivity contribution in [3.05, 3.63) is 40.7 Å². The van der Waals surface area contributed by atoms with Crippen molar-refractivity contribution < 1.29 is 4.42 Å². The maximum atomic E-state index is 6.30. The number of benzene rings is 2. The molecule has 18 heavy (non-hydrogen) atoms. The predicted octanol–water partition coefficient (Wildman–Crippen LogP) is 5.50. The van der Waals surface area contributed by atoms with Gasteiger partial charge in [-0.25, -0.2) is 0 Å². The fraction of sp³-hybridized carbons (Fsp3) is 0. The number of oxazole rings is 1. The third-order valence-corrected chi connectivity index (χ3v) is 4.54. The van der Waals surface area contributed by atoms with Crippen LogP contribution in [0.3, 0.4) is 0 Å². The molecular formula is C13H5Cl2NOS. The smallest absolute Gasteiger partial charge is 0.293 e. The van der Waals surface area contributed by atoms with Crippen LogP contribution in [0.2, 0.25) is 10.4 Å². The van der Waals surface area contributed by atoms with Gasteiger partial charge in [0.15, 0.2) is 5.58 Å². The van der Waals surface area contributed by atoms with Crippen LogP contribution in [-0.4, -0.2) is 4.98 Å². The van der Waals surface area contributed by atoms with Crippen molar-refractivity contribution in [3.63, 3.8) is 0 Å². The minimum atomic E-state index is 0.156. The van der Waals surface area contributed by atoms with E-state index in [4.69, 9.17) is 27.6 Å². The lowest BCUT2D eigenvalue weighted by Crippen LogP contribution is -1.72. The van der Waals surface area contributed by atoms with Crippen molar-refractivity contribution in [3.8, 4) is 0 Å². The van der Waals surface area contributed by atoms with E-state index < -0.39 is 0 Å². The first-order valence-electron chi connectivity index (χ1n) is 5.30. The van der Waals surface area contributed by atoms with E-state index in [9.17, 15) is 0 Å². The molecule has 4 aromatic rings. The van der Waals surface area contributed by atoms with Crippen LogP contribution in [0.5, 0.6) is 0 Å². The van der Waals surface area contributed by atoms with Gasteiger partial charge in [0.25, 0.3) is 5.35 Å². The molecule has 0 N–H and O–H groups in total. The number of nitrogens with zero attached hydrogens (tertiary/aromatic N) is 1. The lowest BCUT2D eigenvalue weighted by molar-refractivity contribution is 0.604. The fourth-order valence-corrected chi connectivity index (χ4v) is 3.85. The number of thiophene rings is 1. The minimum absolute atomic E-state index is 0.156. The Balaban J connectivity index is 2.38. The van der Waals surface area contributed by atoms with Crippen LogP contribution in [-0.2, 0) is 0 Å². The largest absolute Gasteiger partial charge is 0.428 e. The molecule has 4 rings (SSSR count). The molecule has 0 saturated carbocycles. The van der Waals surface area contributed by atoms with Gasteiger partial charge in [-0.1, -0.05) is 17.7 Å². The van der Waals surface area contributed by atoms with Gasteiger partial charge in [0.1, 0.15) is 5.52 Å². The van der Waals surface area contributed by atoms with Gasteiger partial charge in [-0.05, 0) is 35.9 Å². The van der Waals surface area contributed by atoms with Crippen LogP contribution in [0.25, 0.3) is 31.3 Å². The molecule has 0 spiro atoms. The van der Waals surface area contributed by atoms with Crippen LogP contribution in [0.15, 0.2) is 34.7 Å². The molecule has 0 bridgehead atoms. The molecule has 2 aromatic carbocycles. The summed E-state index contributed by atoms with van der Waals surface area (Å²) in [5.41, 5.74) is 1.46.